The van der Waals surface area contributed by atoms with Crippen molar-refractivity contribution in [2.75, 3.05) is 19.1 Å². The maximum Gasteiger partial charge on any atom is 0.300 e. The molecule has 7 heteroatoms. The third kappa shape index (κ3) is 3.54. The average molecular weight is 431 g/mol. The molecule has 3 aromatic carbocycles. The molecule has 0 aromatic heterocycles. The molecule has 1 saturated heterocycles. The number of aliphatic hydroxyl groups is 1. The third-order valence-electron chi connectivity index (χ3n) is 5.34. The first-order chi connectivity index (χ1) is 15.5. The quantitative estimate of drug-likeness (QED) is 0.360. The number of benzene rings is 3. The number of aliphatic hydroxyl groups excluding tert-OH is 1. The largest absolute Gasteiger partial charge is 0.508 e. The number of anilines is 1. The van der Waals surface area contributed by atoms with Gasteiger partial charge >= 0.3 is 0 Å². The van der Waals surface area contributed by atoms with Crippen molar-refractivity contribution >= 4 is 23.1 Å². The van der Waals surface area contributed by atoms with Crippen LogP contribution in [0.2, 0.25) is 0 Å². The minimum Gasteiger partial charge on any atom is -0.508 e. The monoisotopic (exact) mass is 431 g/mol. The summed E-state index contributed by atoms with van der Waals surface area (Å²) in [5.41, 5.74) is 1.33. The fraction of sp³-hybridized carbons (Fsp3) is 0.120. The van der Waals surface area contributed by atoms with Crippen LogP contribution in [0.1, 0.15) is 17.2 Å². The lowest BCUT2D eigenvalue weighted by molar-refractivity contribution is -0.132. The first kappa shape index (κ1) is 21.0. The van der Waals surface area contributed by atoms with Crippen LogP contribution in [0.3, 0.4) is 0 Å². The lowest BCUT2D eigenvalue weighted by Gasteiger charge is -2.26. The molecule has 1 aliphatic heterocycles. The zero-order valence-electron chi connectivity index (χ0n) is 17.5. The van der Waals surface area contributed by atoms with E-state index < -0.39 is 17.7 Å². The first-order valence-electron chi connectivity index (χ1n) is 9.83. The summed E-state index contributed by atoms with van der Waals surface area (Å²) in [4.78, 5) is 27.5. The van der Waals surface area contributed by atoms with Crippen molar-refractivity contribution < 1.29 is 29.3 Å². The number of rotatable bonds is 5. The molecule has 1 atom stereocenters. The van der Waals surface area contributed by atoms with Crippen molar-refractivity contribution in [1.29, 1.82) is 0 Å². The summed E-state index contributed by atoms with van der Waals surface area (Å²) in [5.74, 6) is -0.934. The van der Waals surface area contributed by atoms with Crippen LogP contribution < -0.4 is 14.4 Å². The van der Waals surface area contributed by atoms with Crippen LogP contribution in [-0.2, 0) is 9.59 Å². The van der Waals surface area contributed by atoms with E-state index >= 15 is 0 Å². The summed E-state index contributed by atoms with van der Waals surface area (Å²) < 4.78 is 10.7. The first-order valence-corrected chi connectivity index (χ1v) is 9.83. The third-order valence-corrected chi connectivity index (χ3v) is 5.34. The molecule has 2 N–H and O–H groups in total. The number of ketones is 1. The van der Waals surface area contributed by atoms with E-state index in [2.05, 4.69) is 0 Å². The van der Waals surface area contributed by atoms with Gasteiger partial charge in [0.15, 0.2) is 11.5 Å². The molecule has 0 unspecified atom stereocenters. The van der Waals surface area contributed by atoms with Gasteiger partial charge in [-0.2, -0.15) is 0 Å². The molecule has 0 saturated carbocycles. The Hall–Kier alpha value is -4.26. The fourth-order valence-corrected chi connectivity index (χ4v) is 3.80. The van der Waals surface area contributed by atoms with Crippen molar-refractivity contribution in [3.05, 3.63) is 89.5 Å². The van der Waals surface area contributed by atoms with E-state index in [0.29, 0.717) is 28.3 Å². The highest BCUT2D eigenvalue weighted by molar-refractivity contribution is 6.51. The van der Waals surface area contributed by atoms with Crippen molar-refractivity contribution in [3.63, 3.8) is 0 Å². The van der Waals surface area contributed by atoms with Gasteiger partial charge in [-0.25, -0.2) is 0 Å². The van der Waals surface area contributed by atoms with Crippen LogP contribution in [0.4, 0.5) is 5.69 Å². The number of carbonyl (C=O) groups is 2. The normalized spacial score (nSPS) is 17.4. The standard InChI is InChI=1S/C25H21NO6/c1-31-19-13-8-16(14-20(19)32-2)22-21(23(28)15-6-4-3-5-7-15)24(29)25(30)26(22)17-9-11-18(27)12-10-17/h3-14,22,27-28H,1-2H3/b23-21+/t22-/m0/s1. The van der Waals surface area contributed by atoms with Crippen molar-refractivity contribution in [2.24, 2.45) is 0 Å². The van der Waals surface area contributed by atoms with Gasteiger partial charge in [-0.1, -0.05) is 36.4 Å². The highest BCUT2D eigenvalue weighted by Gasteiger charge is 2.47. The summed E-state index contributed by atoms with van der Waals surface area (Å²) in [5, 5.41) is 20.7. The number of phenolic OH excluding ortho intramolecular Hbond substituents is 1. The summed E-state index contributed by atoms with van der Waals surface area (Å²) in [7, 11) is 3.00. The molecular weight excluding hydrogens is 410 g/mol. The lowest BCUT2D eigenvalue weighted by atomic mass is 9.94. The highest BCUT2D eigenvalue weighted by Crippen LogP contribution is 2.44. The van der Waals surface area contributed by atoms with Crippen LogP contribution in [0.15, 0.2) is 78.4 Å². The predicted octanol–water partition coefficient (Wildman–Crippen LogP) is 4.04. The SMILES string of the molecule is COc1ccc([C@H]2/C(=C(\O)c3ccccc3)C(=O)C(=O)N2c2ccc(O)cc2)cc1OC. The number of nitrogens with zero attached hydrogens (tertiary/aromatic N) is 1. The molecule has 3 aromatic rings. The Morgan fingerprint density at radius 2 is 1.53 bits per heavy atom. The number of aromatic hydroxyl groups is 1. The second-order valence-corrected chi connectivity index (χ2v) is 7.17. The van der Waals surface area contributed by atoms with Gasteiger partial charge < -0.3 is 19.7 Å². The van der Waals surface area contributed by atoms with Crippen molar-refractivity contribution in [1.82, 2.24) is 0 Å². The van der Waals surface area contributed by atoms with Crippen LogP contribution in [-0.4, -0.2) is 36.1 Å². The molecule has 1 amide bonds. The van der Waals surface area contributed by atoms with Gasteiger partial charge in [-0.05, 0) is 42.0 Å². The number of hydrogen-bond acceptors (Lipinski definition) is 6. The summed E-state index contributed by atoms with van der Waals surface area (Å²) in [6.07, 6.45) is 0. The minimum atomic E-state index is -0.917. The number of ether oxygens (including phenoxy) is 2. The van der Waals surface area contributed by atoms with Gasteiger partial charge in [-0.15, -0.1) is 0 Å². The Balaban J connectivity index is 1.96. The Morgan fingerprint density at radius 3 is 2.16 bits per heavy atom. The molecule has 0 radical (unpaired) electrons. The van der Waals surface area contributed by atoms with E-state index in [1.807, 2.05) is 0 Å². The van der Waals surface area contributed by atoms with E-state index in [9.17, 15) is 19.8 Å². The van der Waals surface area contributed by atoms with Crippen LogP contribution in [0.25, 0.3) is 5.76 Å². The zero-order valence-corrected chi connectivity index (χ0v) is 17.5. The van der Waals surface area contributed by atoms with Gasteiger partial charge in [0.25, 0.3) is 11.7 Å². The van der Waals surface area contributed by atoms with Gasteiger partial charge in [-0.3, -0.25) is 14.5 Å². The molecule has 1 aliphatic rings. The molecule has 162 valence electrons. The Morgan fingerprint density at radius 1 is 0.875 bits per heavy atom. The minimum absolute atomic E-state index is 0.0253. The van der Waals surface area contributed by atoms with Gasteiger partial charge in [0.1, 0.15) is 11.5 Å². The Kier molecular flexibility index (Phi) is 5.55. The Labute approximate surface area is 184 Å². The molecule has 0 spiro atoms. The number of phenols is 1. The molecule has 7 nitrogen and oxygen atoms in total. The average Bonchev–Trinajstić information content (AvgIpc) is 3.09. The molecule has 4 rings (SSSR count). The van der Waals surface area contributed by atoms with Crippen LogP contribution >= 0.6 is 0 Å². The molecule has 1 fully saturated rings. The zero-order chi connectivity index (χ0) is 22.8. The van der Waals surface area contributed by atoms with Gasteiger partial charge in [0.2, 0.25) is 0 Å². The summed E-state index contributed by atoms with van der Waals surface area (Å²) in [6, 6.07) is 18.6. The summed E-state index contributed by atoms with van der Waals surface area (Å²) in [6.45, 7) is 0. The lowest BCUT2D eigenvalue weighted by Crippen LogP contribution is -2.29. The topological polar surface area (TPSA) is 96.3 Å². The van der Waals surface area contributed by atoms with Crippen molar-refractivity contribution in [3.8, 4) is 17.2 Å². The van der Waals surface area contributed by atoms with E-state index in [1.54, 1.807) is 48.5 Å². The number of carbonyl (C=O) groups excluding carboxylic acids is 2. The summed E-state index contributed by atoms with van der Waals surface area (Å²) >= 11 is 0. The van der Waals surface area contributed by atoms with E-state index in [4.69, 9.17) is 9.47 Å². The predicted molar refractivity (Wildman–Crippen MR) is 119 cm³/mol. The molecule has 0 bridgehead atoms. The second kappa shape index (κ2) is 8.47. The van der Waals surface area contributed by atoms with Crippen LogP contribution in [0, 0.1) is 0 Å². The second-order valence-electron chi connectivity index (χ2n) is 7.17. The number of amides is 1. The van der Waals surface area contributed by atoms with E-state index in [1.165, 1.54) is 43.4 Å². The maximum absolute atomic E-state index is 13.1. The van der Waals surface area contributed by atoms with Crippen molar-refractivity contribution in [2.45, 2.75) is 6.04 Å². The maximum atomic E-state index is 13.1. The smallest absolute Gasteiger partial charge is 0.300 e. The van der Waals surface area contributed by atoms with Crippen LogP contribution in [0.5, 0.6) is 17.2 Å². The van der Waals surface area contributed by atoms with Gasteiger partial charge in [0, 0.05) is 11.3 Å². The molecular formula is C25H21NO6. The molecule has 0 aliphatic carbocycles. The number of methoxy groups -OCH3 is 2. The Bertz CT molecular complexity index is 1200. The fourth-order valence-electron chi connectivity index (χ4n) is 3.80. The number of Topliss-reactive ketones (excluding diaryl/α,β-unsaturated/α-hetero) is 1. The number of hydrogen-bond donors (Lipinski definition) is 2. The van der Waals surface area contributed by atoms with E-state index in [-0.39, 0.29) is 17.1 Å². The molecule has 1 heterocycles. The van der Waals surface area contributed by atoms with E-state index in [0.717, 1.165) is 0 Å². The highest BCUT2D eigenvalue weighted by atomic mass is 16.5. The van der Waals surface area contributed by atoms with Gasteiger partial charge in [0.05, 0.1) is 25.8 Å². The molecule has 32 heavy (non-hydrogen) atoms.